The summed E-state index contributed by atoms with van der Waals surface area (Å²) in [6.07, 6.45) is -1.45. The number of hydrogen-bond acceptors (Lipinski definition) is 4. The van der Waals surface area contributed by atoms with E-state index in [0.29, 0.717) is 30.6 Å². The molecule has 0 spiro atoms. The summed E-state index contributed by atoms with van der Waals surface area (Å²) in [6, 6.07) is 9.14. The van der Waals surface area contributed by atoms with E-state index in [0.717, 1.165) is 23.6 Å². The number of aromatic nitrogens is 1. The molecule has 25 heavy (non-hydrogen) atoms. The molecule has 1 aliphatic heterocycles. The van der Waals surface area contributed by atoms with Crippen LogP contribution < -0.4 is 4.90 Å². The third kappa shape index (κ3) is 3.07. The monoisotopic (exact) mass is 348 g/mol. The van der Waals surface area contributed by atoms with Gasteiger partial charge in [0.1, 0.15) is 11.9 Å². The summed E-state index contributed by atoms with van der Waals surface area (Å²) in [4.78, 5) is 6.19. The Hall–Kier alpha value is -2.54. The van der Waals surface area contributed by atoms with Crippen molar-refractivity contribution in [3.63, 3.8) is 0 Å². The summed E-state index contributed by atoms with van der Waals surface area (Å²) in [6.45, 7) is 1.72. The number of halogens is 3. The van der Waals surface area contributed by atoms with Crippen LogP contribution >= 0.6 is 0 Å². The van der Waals surface area contributed by atoms with Gasteiger partial charge in [-0.15, -0.1) is 0 Å². The lowest BCUT2D eigenvalue weighted by Gasteiger charge is -2.34. The Balaban J connectivity index is 1.69. The highest BCUT2D eigenvalue weighted by Gasteiger charge is 2.31. The maximum Gasteiger partial charge on any atom is 0.416 e. The first-order valence-corrected chi connectivity index (χ1v) is 7.88. The minimum atomic E-state index is -4.38. The first-order valence-electron chi connectivity index (χ1n) is 7.88. The Bertz CT molecular complexity index is 878. The Labute approximate surface area is 141 Å². The van der Waals surface area contributed by atoms with E-state index in [4.69, 9.17) is 9.15 Å². The SMILES string of the molecule is FC(F)(F)c1ccc2c(N3CCOC(c4ccco4)C3)ccnc2c1. The Morgan fingerprint density at radius 1 is 1.16 bits per heavy atom. The van der Waals surface area contributed by atoms with Gasteiger partial charge in [-0.25, -0.2) is 0 Å². The maximum absolute atomic E-state index is 12.9. The Morgan fingerprint density at radius 3 is 2.80 bits per heavy atom. The van der Waals surface area contributed by atoms with E-state index in [1.54, 1.807) is 12.3 Å². The molecule has 0 aliphatic carbocycles. The largest absolute Gasteiger partial charge is 0.467 e. The molecule has 3 aromatic rings. The van der Waals surface area contributed by atoms with Crippen molar-refractivity contribution in [2.75, 3.05) is 24.6 Å². The molecule has 130 valence electrons. The number of hydrogen-bond donors (Lipinski definition) is 0. The third-order valence-electron chi connectivity index (χ3n) is 4.31. The molecule has 4 rings (SSSR count). The Kier molecular flexibility index (Phi) is 3.88. The van der Waals surface area contributed by atoms with Crippen molar-refractivity contribution in [1.29, 1.82) is 0 Å². The van der Waals surface area contributed by atoms with Gasteiger partial charge < -0.3 is 14.1 Å². The number of ether oxygens (including phenoxy) is 1. The predicted molar refractivity (Wildman–Crippen MR) is 86.4 cm³/mol. The molecule has 1 saturated heterocycles. The second-order valence-electron chi connectivity index (χ2n) is 5.88. The molecule has 1 aromatic carbocycles. The van der Waals surface area contributed by atoms with Crippen molar-refractivity contribution in [2.24, 2.45) is 0 Å². The van der Waals surface area contributed by atoms with Crippen LogP contribution in [0.5, 0.6) is 0 Å². The molecule has 0 radical (unpaired) electrons. The molecule has 1 unspecified atom stereocenters. The van der Waals surface area contributed by atoms with Crippen molar-refractivity contribution in [3.05, 3.63) is 60.2 Å². The van der Waals surface area contributed by atoms with Crippen LogP contribution in [-0.2, 0) is 10.9 Å². The van der Waals surface area contributed by atoms with Crippen LogP contribution in [0.25, 0.3) is 10.9 Å². The van der Waals surface area contributed by atoms with Gasteiger partial charge in [0, 0.05) is 23.8 Å². The molecule has 0 N–H and O–H groups in total. The number of anilines is 1. The number of fused-ring (bicyclic) bond motifs is 1. The van der Waals surface area contributed by atoms with E-state index >= 15 is 0 Å². The van der Waals surface area contributed by atoms with Crippen LogP contribution in [-0.4, -0.2) is 24.7 Å². The molecule has 1 aliphatic rings. The van der Waals surface area contributed by atoms with E-state index < -0.39 is 11.7 Å². The van der Waals surface area contributed by atoms with Gasteiger partial charge in [0.25, 0.3) is 0 Å². The second kappa shape index (κ2) is 6.07. The van der Waals surface area contributed by atoms with Crippen LogP contribution in [0.15, 0.2) is 53.3 Å². The van der Waals surface area contributed by atoms with Crippen molar-refractivity contribution in [3.8, 4) is 0 Å². The summed E-state index contributed by atoms with van der Waals surface area (Å²) < 4.78 is 49.9. The fourth-order valence-corrected chi connectivity index (χ4v) is 3.10. The number of rotatable bonds is 2. The lowest BCUT2D eigenvalue weighted by molar-refractivity contribution is -0.137. The maximum atomic E-state index is 12.9. The molecule has 0 amide bonds. The zero-order valence-corrected chi connectivity index (χ0v) is 13.2. The highest BCUT2D eigenvalue weighted by Crippen LogP contribution is 2.35. The van der Waals surface area contributed by atoms with E-state index in [1.807, 2.05) is 12.1 Å². The molecular weight excluding hydrogens is 333 g/mol. The van der Waals surface area contributed by atoms with Gasteiger partial charge in [-0.1, -0.05) is 6.07 Å². The van der Waals surface area contributed by atoms with Crippen LogP contribution in [0.2, 0.25) is 0 Å². The van der Waals surface area contributed by atoms with Crippen LogP contribution in [0, 0.1) is 0 Å². The van der Waals surface area contributed by atoms with E-state index in [-0.39, 0.29) is 6.10 Å². The quantitative estimate of drug-likeness (QED) is 0.687. The van der Waals surface area contributed by atoms with E-state index in [1.165, 1.54) is 12.3 Å². The topological polar surface area (TPSA) is 38.5 Å². The van der Waals surface area contributed by atoms with Gasteiger partial charge >= 0.3 is 6.18 Å². The van der Waals surface area contributed by atoms with E-state index in [2.05, 4.69) is 9.88 Å². The zero-order chi connectivity index (χ0) is 17.4. The minimum absolute atomic E-state index is 0.207. The van der Waals surface area contributed by atoms with Gasteiger partial charge in [-0.05, 0) is 30.3 Å². The summed E-state index contributed by atoms with van der Waals surface area (Å²) >= 11 is 0. The molecule has 2 aromatic heterocycles. The van der Waals surface area contributed by atoms with Gasteiger partial charge in [-0.2, -0.15) is 13.2 Å². The lowest BCUT2D eigenvalue weighted by atomic mass is 10.1. The molecule has 3 heterocycles. The molecule has 0 bridgehead atoms. The third-order valence-corrected chi connectivity index (χ3v) is 4.31. The molecule has 4 nitrogen and oxygen atoms in total. The number of furan rings is 1. The predicted octanol–water partition coefficient (Wildman–Crippen LogP) is 4.42. The van der Waals surface area contributed by atoms with Crippen LogP contribution in [0.1, 0.15) is 17.4 Å². The van der Waals surface area contributed by atoms with Gasteiger partial charge in [0.2, 0.25) is 0 Å². The zero-order valence-electron chi connectivity index (χ0n) is 13.2. The normalized spacial score (nSPS) is 18.7. The van der Waals surface area contributed by atoms with Crippen molar-refractivity contribution < 1.29 is 22.3 Å². The fourth-order valence-electron chi connectivity index (χ4n) is 3.10. The van der Waals surface area contributed by atoms with Gasteiger partial charge in [0.15, 0.2) is 0 Å². The lowest BCUT2D eigenvalue weighted by Crippen LogP contribution is -2.38. The first-order chi connectivity index (χ1) is 12.0. The van der Waals surface area contributed by atoms with E-state index in [9.17, 15) is 13.2 Å². The highest BCUT2D eigenvalue weighted by molar-refractivity contribution is 5.92. The number of alkyl halides is 3. The first kappa shape index (κ1) is 16.0. The van der Waals surface area contributed by atoms with Crippen molar-refractivity contribution in [2.45, 2.75) is 12.3 Å². The van der Waals surface area contributed by atoms with Crippen LogP contribution in [0.4, 0.5) is 18.9 Å². The molecule has 0 saturated carbocycles. The van der Waals surface area contributed by atoms with Gasteiger partial charge in [-0.3, -0.25) is 4.98 Å². The molecule has 1 fully saturated rings. The average Bonchev–Trinajstić information content (AvgIpc) is 3.15. The van der Waals surface area contributed by atoms with Gasteiger partial charge in [0.05, 0.1) is 30.5 Å². The summed E-state index contributed by atoms with van der Waals surface area (Å²) in [5.74, 6) is 0.738. The number of pyridine rings is 1. The summed E-state index contributed by atoms with van der Waals surface area (Å²) in [7, 11) is 0. The number of morpholine rings is 1. The number of benzene rings is 1. The molecule has 1 atom stereocenters. The van der Waals surface area contributed by atoms with Crippen molar-refractivity contribution in [1.82, 2.24) is 4.98 Å². The fraction of sp³-hybridized carbons (Fsp3) is 0.278. The molecule has 7 heteroatoms. The summed E-state index contributed by atoms with van der Waals surface area (Å²) in [5.41, 5.74) is 0.479. The summed E-state index contributed by atoms with van der Waals surface area (Å²) in [5, 5.41) is 0.690. The number of nitrogens with zero attached hydrogens (tertiary/aromatic N) is 2. The average molecular weight is 348 g/mol. The molecular formula is C18H15F3N2O2. The Morgan fingerprint density at radius 2 is 2.04 bits per heavy atom. The highest BCUT2D eigenvalue weighted by atomic mass is 19.4. The smallest absolute Gasteiger partial charge is 0.416 e. The minimum Gasteiger partial charge on any atom is -0.467 e. The van der Waals surface area contributed by atoms with Crippen LogP contribution in [0.3, 0.4) is 0 Å². The standard InChI is InChI=1S/C18H15F3N2O2/c19-18(20,21)12-3-4-13-14(10-12)22-6-5-15(13)23-7-9-25-17(11-23)16-2-1-8-24-16/h1-6,8,10,17H,7,9,11H2. The van der Waals surface area contributed by atoms with Crippen molar-refractivity contribution >= 4 is 16.6 Å². The second-order valence-corrected chi connectivity index (χ2v) is 5.88.